The minimum absolute atomic E-state index is 0.641. The van der Waals surface area contributed by atoms with E-state index in [1.807, 2.05) is 0 Å². The SMILES string of the molecule is c1ccc(-c2ccc(-c3ccc4cccc(-c5ccccc5)c4c3-c3nc(-c4cccc5c4sc4ccccc45)nc(-c4cccc5c4sc4ccccc45)n3)cc2)cc1. The number of hydrogen-bond donors (Lipinski definition) is 0. The van der Waals surface area contributed by atoms with E-state index in [2.05, 4.69) is 200 Å². The number of thiophene rings is 2. The first-order chi connectivity index (χ1) is 29.7. The van der Waals surface area contributed by atoms with Gasteiger partial charge < -0.3 is 0 Å². The first-order valence-electron chi connectivity index (χ1n) is 20.1. The van der Waals surface area contributed by atoms with Crippen LogP contribution >= 0.6 is 22.7 Å². The van der Waals surface area contributed by atoms with Crippen LogP contribution in [0.25, 0.3) is 119 Å². The van der Waals surface area contributed by atoms with E-state index in [0.717, 1.165) is 49.7 Å². The van der Waals surface area contributed by atoms with Crippen molar-refractivity contribution in [1.82, 2.24) is 15.0 Å². The molecule has 60 heavy (non-hydrogen) atoms. The molecule has 0 saturated carbocycles. The van der Waals surface area contributed by atoms with Gasteiger partial charge in [0, 0.05) is 62.4 Å². The van der Waals surface area contributed by atoms with Crippen LogP contribution in [0.3, 0.4) is 0 Å². The summed E-state index contributed by atoms with van der Waals surface area (Å²) in [7, 11) is 0. The maximum absolute atomic E-state index is 5.57. The van der Waals surface area contributed by atoms with Gasteiger partial charge in [0.2, 0.25) is 0 Å². The van der Waals surface area contributed by atoms with E-state index >= 15 is 0 Å². The quantitative estimate of drug-likeness (QED) is 0.168. The van der Waals surface area contributed by atoms with Crippen LogP contribution in [0.1, 0.15) is 0 Å². The maximum atomic E-state index is 5.57. The Morgan fingerprint density at radius 2 is 0.733 bits per heavy atom. The predicted molar refractivity (Wildman–Crippen MR) is 256 cm³/mol. The maximum Gasteiger partial charge on any atom is 0.165 e. The number of benzene rings is 9. The van der Waals surface area contributed by atoms with Crippen molar-refractivity contribution in [3.8, 4) is 67.5 Å². The first-order valence-corrected chi connectivity index (χ1v) is 21.7. The molecule has 280 valence electrons. The molecule has 0 fully saturated rings. The van der Waals surface area contributed by atoms with Gasteiger partial charge in [0.15, 0.2) is 17.5 Å². The lowest BCUT2D eigenvalue weighted by molar-refractivity contribution is 1.08. The molecular formula is C55H33N3S2. The molecule has 0 N–H and O–H groups in total. The third kappa shape index (κ3) is 5.74. The van der Waals surface area contributed by atoms with Gasteiger partial charge in [-0.2, -0.15) is 0 Å². The van der Waals surface area contributed by atoms with Crippen molar-refractivity contribution >= 4 is 73.8 Å². The minimum Gasteiger partial charge on any atom is -0.208 e. The van der Waals surface area contributed by atoms with Crippen LogP contribution in [0, 0.1) is 0 Å². The highest BCUT2D eigenvalue weighted by Crippen LogP contribution is 2.45. The van der Waals surface area contributed by atoms with E-state index in [-0.39, 0.29) is 0 Å². The van der Waals surface area contributed by atoms with Crippen molar-refractivity contribution in [3.05, 3.63) is 200 Å². The molecule has 12 rings (SSSR count). The molecule has 3 nitrogen and oxygen atoms in total. The average Bonchev–Trinajstić information content (AvgIpc) is 3.90. The van der Waals surface area contributed by atoms with Crippen LogP contribution in [0.5, 0.6) is 0 Å². The fraction of sp³-hybridized carbons (Fsp3) is 0. The molecule has 3 aromatic heterocycles. The highest BCUT2D eigenvalue weighted by molar-refractivity contribution is 7.26. The summed E-state index contributed by atoms with van der Waals surface area (Å²) in [6, 6.07) is 71.5. The zero-order valence-corrected chi connectivity index (χ0v) is 33.8. The molecule has 0 spiro atoms. The van der Waals surface area contributed by atoms with Gasteiger partial charge in [-0.15, -0.1) is 22.7 Å². The number of rotatable bonds is 6. The Balaban J connectivity index is 1.18. The fourth-order valence-corrected chi connectivity index (χ4v) is 11.2. The molecule has 0 bridgehead atoms. The summed E-state index contributed by atoms with van der Waals surface area (Å²) >= 11 is 3.59. The second-order valence-corrected chi connectivity index (χ2v) is 17.2. The van der Waals surface area contributed by atoms with Crippen molar-refractivity contribution in [3.63, 3.8) is 0 Å². The predicted octanol–water partition coefficient (Wildman–Crippen LogP) is 15.8. The van der Waals surface area contributed by atoms with Crippen molar-refractivity contribution in [2.24, 2.45) is 0 Å². The number of nitrogens with zero attached hydrogens (tertiary/aromatic N) is 3. The summed E-state index contributed by atoms with van der Waals surface area (Å²) in [5.74, 6) is 1.96. The van der Waals surface area contributed by atoms with Crippen LogP contribution in [0.2, 0.25) is 0 Å². The molecule has 0 radical (unpaired) electrons. The van der Waals surface area contributed by atoms with Crippen molar-refractivity contribution in [1.29, 1.82) is 0 Å². The van der Waals surface area contributed by atoms with E-state index in [1.165, 1.54) is 51.5 Å². The Labute approximate surface area is 354 Å². The summed E-state index contributed by atoms with van der Waals surface area (Å²) < 4.78 is 4.82. The van der Waals surface area contributed by atoms with E-state index in [1.54, 1.807) is 22.7 Å². The third-order valence-electron chi connectivity index (χ3n) is 11.6. The van der Waals surface area contributed by atoms with Crippen LogP contribution in [0.4, 0.5) is 0 Å². The van der Waals surface area contributed by atoms with Crippen LogP contribution < -0.4 is 0 Å². The van der Waals surface area contributed by atoms with E-state index < -0.39 is 0 Å². The topological polar surface area (TPSA) is 38.7 Å². The summed E-state index contributed by atoms with van der Waals surface area (Å²) in [5.41, 5.74) is 9.77. The van der Waals surface area contributed by atoms with Crippen molar-refractivity contribution in [2.75, 3.05) is 0 Å². The van der Waals surface area contributed by atoms with E-state index in [4.69, 9.17) is 15.0 Å². The van der Waals surface area contributed by atoms with Crippen molar-refractivity contribution in [2.45, 2.75) is 0 Å². The Bertz CT molecular complexity index is 3460. The van der Waals surface area contributed by atoms with Crippen LogP contribution in [0.15, 0.2) is 200 Å². The summed E-state index contributed by atoms with van der Waals surface area (Å²) in [5, 5.41) is 7.13. The molecule has 0 saturated heterocycles. The lowest BCUT2D eigenvalue weighted by atomic mass is 9.88. The molecule has 3 heterocycles. The third-order valence-corrected chi connectivity index (χ3v) is 14.0. The summed E-state index contributed by atoms with van der Waals surface area (Å²) in [6.07, 6.45) is 0. The zero-order chi connectivity index (χ0) is 39.6. The highest BCUT2D eigenvalue weighted by atomic mass is 32.1. The Morgan fingerprint density at radius 1 is 0.283 bits per heavy atom. The van der Waals surface area contributed by atoms with Gasteiger partial charge in [0.25, 0.3) is 0 Å². The van der Waals surface area contributed by atoms with Crippen LogP contribution in [-0.4, -0.2) is 15.0 Å². The average molecular weight is 800 g/mol. The van der Waals surface area contributed by atoms with E-state index in [9.17, 15) is 0 Å². The molecule has 0 aliphatic carbocycles. The van der Waals surface area contributed by atoms with Gasteiger partial charge in [-0.3, -0.25) is 0 Å². The summed E-state index contributed by atoms with van der Waals surface area (Å²) in [6.45, 7) is 0. The molecular weight excluding hydrogens is 767 g/mol. The van der Waals surface area contributed by atoms with Gasteiger partial charge in [-0.1, -0.05) is 176 Å². The lowest BCUT2D eigenvalue weighted by Gasteiger charge is -2.18. The lowest BCUT2D eigenvalue weighted by Crippen LogP contribution is -2.02. The standard InChI is InChI=1S/C55H33N3S2/c1-3-14-34(15-4-1)35-28-30-37(31-29-35)40-33-32-38-18-11-21-39(36-16-5-2-6-17-36)49(38)50(40)55-57-53(45-24-12-22-43-41-19-7-9-26-47(41)59-51(43)45)56-54(58-55)46-25-13-23-44-42-20-8-10-27-48(42)60-52(44)46/h1-33H. The highest BCUT2D eigenvalue weighted by Gasteiger charge is 2.23. The molecule has 12 aromatic rings. The Morgan fingerprint density at radius 3 is 1.35 bits per heavy atom. The van der Waals surface area contributed by atoms with Gasteiger partial charge >= 0.3 is 0 Å². The fourth-order valence-electron chi connectivity index (χ4n) is 8.76. The minimum atomic E-state index is 0.641. The second-order valence-electron chi connectivity index (χ2n) is 15.1. The molecule has 9 aromatic carbocycles. The normalized spacial score (nSPS) is 11.7. The van der Waals surface area contributed by atoms with Gasteiger partial charge in [0.1, 0.15) is 0 Å². The number of aromatic nitrogens is 3. The van der Waals surface area contributed by atoms with Crippen molar-refractivity contribution < 1.29 is 0 Å². The number of fused-ring (bicyclic) bond motifs is 7. The van der Waals surface area contributed by atoms with Crippen LogP contribution in [-0.2, 0) is 0 Å². The monoisotopic (exact) mass is 799 g/mol. The Hall–Kier alpha value is -7.31. The van der Waals surface area contributed by atoms with Gasteiger partial charge in [-0.25, -0.2) is 15.0 Å². The zero-order valence-electron chi connectivity index (χ0n) is 32.2. The summed E-state index contributed by atoms with van der Waals surface area (Å²) in [4.78, 5) is 16.6. The molecule has 5 heteroatoms. The van der Waals surface area contributed by atoms with Gasteiger partial charge in [0.05, 0.1) is 0 Å². The van der Waals surface area contributed by atoms with Gasteiger partial charge in [-0.05, 0) is 63.0 Å². The first kappa shape index (κ1) is 34.7. The Kier molecular flexibility index (Phi) is 8.22. The number of hydrogen-bond acceptors (Lipinski definition) is 5. The second kappa shape index (κ2) is 14.2. The molecule has 0 unspecified atom stereocenters. The molecule has 0 aliphatic rings. The molecule has 0 atom stereocenters. The molecule has 0 aliphatic heterocycles. The smallest absolute Gasteiger partial charge is 0.165 e. The van der Waals surface area contributed by atoms with E-state index in [0.29, 0.717) is 17.5 Å². The largest absolute Gasteiger partial charge is 0.208 e. The molecule has 0 amide bonds.